The Labute approximate surface area is 117 Å². The molecular formula is C16H28N2O. The van der Waals surface area contributed by atoms with Gasteiger partial charge < -0.3 is 5.11 Å². The Kier molecular flexibility index (Phi) is 4.67. The Morgan fingerprint density at radius 3 is 2.63 bits per heavy atom. The van der Waals surface area contributed by atoms with E-state index in [0.717, 1.165) is 12.1 Å². The van der Waals surface area contributed by atoms with Gasteiger partial charge in [-0.05, 0) is 36.7 Å². The van der Waals surface area contributed by atoms with E-state index in [0.29, 0.717) is 12.0 Å². The summed E-state index contributed by atoms with van der Waals surface area (Å²) in [7, 11) is 0. The van der Waals surface area contributed by atoms with Gasteiger partial charge in [0.1, 0.15) is 0 Å². The molecule has 2 rings (SSSR count). The fourth-order valence-corrected chi connectivity index (χ4v) is 2.88. The lowest BCUT2D eigenvalue weighted by molar-refractivity contribution is 0.0934. The summed E-state index contributed by atoms with van der Waals surface area (Å²) in [6, 6.07) is 2.73. The van der Waals surface area contributed by atoms with Crippen molar-refractivity contribution < 1.29 is 5.11 Å². The van der Waals surface area contributed by atoms with E-state index < -0.39 is 0 Å². The molecule has 0 aliphatic heterocycles. The summed E-state index contributed by atoms with van der Waals surface area (Å²) in [4.78, 5) is 0. The Bertz CT molecular complexity index is 393. The van der Waals surface area contributed by atoms with Crippen LogP contribution in [-0.4, -0.2) is 21.5 Å². The fourth-order valence-electron chi connectivity index (χ4n) is 2.88. The predicted octanol–water partition coefficient (Wildman–Crippen LogP) is 3.59. The number of rotatable bonds is 5. The van der Waals surface area contributed by atoms with Crippen molar-refractivity contribution in [3.05, 3.63) is 18.0 Å². The third kappa shape index (κ3) is 3.38. The summed E-state index contributed by atoms with van der Waals surface area (Å²) in [6.07, 6.45) is 9.57. The second-order valence-corrected chi connectivity index (χ2v) is 6.72. The van der Waals surface area contributed by atoms with E-state index in [-0.39, 0.29) is 12.0 Å². The maximum Gasteiger partial charge on any atom is 0.0631 e. The molecule has 1 saturated carbocycles. The zero-order valence-electron chi connectivity index (χ0n) is 12.6. The zero-order chi connectivity index (χ0) is 13.9. The first-order valence-corrected chi connectivity index (χ1v) is 7.70. The molecule has 108 valence electrons. The topological polar surface area (TPSA) is 38.0 Å². The number of aromatic nitrogens is 2. The van der Waals surface area contributed by atoms with Crippen molar-refractivity contribution in [2.24, 2.45) is 11.3 Å². The van der Waals surface area contributed by atoms with Crippen LogP contribution in [0, 0.1) is 11.3 Å². The molecule has 0 spiro atoms. The second kappa shape index (κ2) is 6.08. The molecule has 3 nitrogen and oxygen atoms in total. The molecule has 1 fully saturated rings. The smallest absolute Gasteiger partial charge is 0.0631 e. The van der Waals surface area contributed by atoms with Gasteiger partial charge >= 0.3 is 0 Å². The molecular weight excluding hydrogens is 236 g/mol. The molecule has 1 aliphatic carbocycles. The predicted molar refractivity (Wildman–Crippen MR) is 78.1 cm³/mol. The highest BCUT2D eigenvalue weighted by atomic mass is 16.3. The van der Waals surface area contributed by atoms with Crippen LogP contribution in [0.25, 0.3) is 0 Å². The van der Waals surface area contributed by atoms with Gasteiger partial charge in [-0.15, -0.1) is 0 Å². The molecule has 0 saturated heterocycles. The van der Waals surface area contributed by atoms with Crippen molar-refractivity contribution in [3.8, 4) is 0 Å². The highest BCUT2D eigenvalue weighted by Gasteiger charge is 2.29. The van der Waals surface area contributed by atoms with E-state index in [1.165, 1.54) is 32.1 Å². The van der Waals surface area contributed by atoms with Gasteiger partial charge in [-0.2, -0.15) is 5.10 Å². The summed E-state index contributed by atoms with van der Waals surface area (Å²) in [5.74, 6) is 0.456. The highest BCUT2D eigenvalue weighted by molar-refractivity contribution is 5.04. The van der Waals surface area contributed by atoms with Crippen LogP contribution >= 0.6 is 0 Å². The number of hydrogen-bond donors (Lipinski definition) is 1. The largest absolute Gasteiger partial charge is 0.396 e. The molecule has 0 radical (unpaired) electrons. The van der Waals surface area contributed by atoms with Crippen molar-refractivity contribution in [2.75, 3.05) is 6.61 Å². The Morgan fingerprint density at radius 1 is 1.37 bits per heavy atom. The number of aliphatic hydroxyl groups excluding tert-OH is 1. The van der Waals surface area contributed by atoms with E-state index in [9.17, 15) is 5.11 Å². The van der Waals surface area contributed by atoms with Gasteiger partial charge in [-0.25, -0.2) is 0 Å². The Balaban J connectivity index is 2.04. The molecule has 1 aromatic heterocycles. The minimum absolute atomic E-state index is 0.0637. The monoisotopic (exact) mass is 264 g/mol. The number of aliphatic hydroxyl groups is 1. The molecule has 0 aromatic carbocycles. The van der Waals surface area contributed by atoms with Gasteiger partial charge in [-0.1, -0.05) is 40.0 Å². The van der Waals surface area contributed by atoms with Crippen molar-refractivity contribution in [1.82, 2.24) is 9.78 Å². The SMILES string of the molecule is CC(C)C(C)(CO)Cc1ccn(C2CCCCC2)n1. The molecule has 1 unspecified atom stereocenters. The van der Waals surface area contributed by atoms with Gasteiger partial charge in [0.2, 0.25) is 0 Å². The lowest BCUT2D eigenvalue weighted by Crippen LogP contribution is -2.30. The highest BCUT2D eigenvalue weighted by Crippen LogP contribution is 2.31. The van der Waals surface area contributed by atoms with Crippen molar-refractivity contribution in [1.29, 1.82) is 0 Å². The standard InChI is InChI=1S/C16H28N2O/c1-13(2)16(3,12-19)11-14-9-10-18(17-14)15-7-5-4-6-8-15/h9-10,13,15,19H,4-8,11-12H2,1-3H3. The van der Waals surface area contributed by atoms with Gasteiger partial charge in [0.15, 0.2) is 0 Å². The molecule has 1 aliphatic rings. The first-order chi connectivity index (χ1) is 9.05. The third-order valence-electron chi connectivity index (χ3n) is 4.95. The minimum atomic E-state index is -0.0637. The van der Waals surface area contributed by atoms with Crippen LogP contribution in [-0.2, 0) is 6.42 Å². The molecule has 0 bridgehead atoms. The van der Waals surface area contributed by atoms with Crippen molar-refractivity contribution in [2.45, 2.75) is 65.3 Å². The van der Waals surface area contributed by atoms with Crippen LogP contribution < -0.4 is 0 Å². The molecule has 19 heavy (non-hydrogen) atoms. The van der Waals surface area contributed by atoms with Gasteiger partial charge in [0.05, 0.1) is 11.7 Å². The van der Waals surface area contributed by atoms with Gasteiger partial charge in [-0.3, -0.25) is 4.68 Å². The Hall–Kier alpha value is -0.830. The van der Waals surface area contributed by atoms with Crippen LogP contribution in [0.2, 0.25) is 0 Å². The first kappa shape index (κ1) is 14.6. The average Bonchev–Trinajstić information content (AvgIpc) is 2.87. The van der Waals surface area contributed by atoms with E-state index in [1.807, 2.05) is 0 Å². The van der Waals surface area contributed by atoms with E-state index in [2.05, 4.69) is 37.7 Å². The van der Waals surface area contributed by atoms with Gasteiger partial charge in [0, 0.05) is 12.8 Å². The van der Waals surface area contributed by atoms with Crippen molar-refractivity contribution >= 4 is 0 Å². The van der Waals surface area contributed by atoms with Crippen molar-refractivity contribution in [3.63, 3.8) is 0 Å². The molecule has 1 heterocycles. The van der Waals surface area contributed by atoms with Crippen LogP contribution in [0.15, 0.2) is 12.3 Å². The quantitative estimate of drug-likeness (QED) is 0.882. The number of hydrogen-bond acceptors (Lipinski definition) is 2. The summed E-state index contributed by atoms with van der Waals surface area (Å²) in [5.41, 5.74) is 1.06. The van der Waals surface area contributed by atoms with Crippen LogP contribution in [0.1, 0.15) is 64.6 Å². The summed E-state index contributed by atoms with van der Waals surface area (Å²) in [6.45, 7) is 6.72. The van der Waals surface area contributed by atoms with E-state index in [4.69, 9.17) is 5.10 Å². The molecule has 0 amide bonds. The van der Waals surface area contributed by atoms with E-state index >= 15 is 0 Å². The van der Waals surface area contributed by atoms with Gasteiger partial charge in [0.25, 0.3) is 0 Å². The normalized spacial score (nSPS) is 20.7. The second-order valence-electron chi connectivity index (χ2n) is 6.72. The maximum atomic E-state index is 9.64. The lowest BCUT2D eigenvalue weighted by atomic mass is 9.76. The summed E-state index contributed by atoms with van der Waals surface area (Å²) in [5, 5.41) is 14.4. The molecule has 1 aromatic rings. The summed E-state index contributed by atoms with van der Waals surface area (Å²) < 4.78 is 2.16. The fraction of sp³-hybridized carbons (Fsp3) is 0.812. The third-order valence-corrected chi connectivity index (χ3v) is 4.95. The first-order valence-electron chi connectivity index (χ1n) is 7.70. The maximum absolute atomic E-state index is 9.64. The minimum Gasteiger partial charge on any atom is -0.396 e. The Morgan fingerprint density at radius 2 is 2.05 bits per heavy atom. The molecule has 3 heteroatoms. The number of nitrogens with zero attached hydrogens (tertiary/aromatic N) is 2. The summed E-state index contributed by atoms with van der Waals surface area (Å²) >= 11 is 0. The van der Waals surface area contributed by atoms with Crippen LogP contribution in [0.5, 0.6) is 0 Å². The van der Waals surface area contributed by atoms with Crippen LogP contribution in [0.4, 0.5) is 0 Å². The lowest BCUT2D eigenvalue weighted by Gasteiger charge is -2.31. The average molecular weight is 264 g/mol. The molecule has 1 N–H and O–H groups in total. The van der Waals surface area contributed by atoms with E-state index in [1.54, 1.807) is 0 Å². The zero-order valence-corrected chi connectivity index (χ0v) is 12.6. The van der Waals surface area contributed by atoms with Crippen LogP contribution in [0.3, 0.4) is 0 Å². The molecule has 1 atom stereocenters.